The summed E-state index contributed by atoms with van der Waals surface area (Å²) in [7, 11) is 0. The van der Waals surface area contributed by atoms with Crippen molar-refractivity contribution in [3.8, 4) is 0 Å². The molecule has 0 aliphatic carbocycles. The maximum atomic E-state index is 13.9. The minimum atomic E-state index is -1.13. The Morgan fingerprint density at radius 1 is 1.19 bits per heavy atom. The number of anilines is 1. The number of carbonyl (C=O) groups is 2. The number of benzene rings is 1. The maximum Gasteiger partial charge on any atom is 0.328 e. The average Bonchev–Trinajstić information content (AvgIpc) is 2.46. The molecule has 5 nitrogen and oxygen atoms in total. The van der Waals surface area contributed by atoms with Gasteiger partial charge in [-0.15, -0.1) is 0 Å². The molecule has 1 aromatic heterocycles. The Labute approximate surface area is 119 Å². The SMILES string of the molecule is O=C(O)C=Cc1ccc(C(=O)Nc2ccncc2)c(F)c1. The quantitative estimate of drug-likeness (QED) is 0.847. The predicted molar refractivity (Wildman–Crippen MR) is 75.3 cm³/mol. The van der Waals surface area contributed by atoms with Crippen LogP contribution in [-0.4, -0.2) is 22.0 Å². The lowest BCUT2D eigenvalue weighted by Crippen LogP contribution is -2.13. The minimum absolute atomic E-state index is 0.126. The molecule has 0 saturated carbocycles. The molecule has 0 aliphatic heterocycles. The predicted octanol–water partition coefficient (Wildman–Crippen LogP) is 2.57. The molecule has 6 heteroatoms. The van der Waals surface area contributed by atoms with Crippen LogP contribution in [0.5, 0.6) is 0 Å². The molecule has 0 spiro atoms. The molecule has 106 valence electrons. The number of halogens is 1. The van der Waals surface area contributed by atoms with E-state index in [2.05, 4.69) is 10.3 Å². The van der Waals surface area contributed by atoms with Crippen LogP contribution < -0.4 is 5.32 Å². The second kappa shape index (κ2) is 6.42. The number of aromatic nitrogens is 1. The van der Waals surface area contributed by atoms with Gasteiger partial charge in [0.15, 0.2) is 0 Å². The number of carboxylic acids is 1. The van der Waals surface area contributed by atoms with E-state index in [1.165, 1.54) is 30.6 Å². The number of nitrogens with one attached hydrogen (secondary N) is 1. The van der Waals surface area contributed by atoms with Gasteiger partial charge in [0.2, 0.25) is 0 Å². The number of amides is 1. The average molecular weight is 286 g/mol. The second-order valence-corrected chi connectivity index (χ2v) is 4.10. The van der Waals surface area contributed by atoms with Gasteiger partial charge in [0, 0.05) is 24.2 Å². The molecule has 2 aromatic rings. The smallest absolute Gasteiger partial charge is 0.328 e. The van der Waals surface area contributed by atoms with Gasteiger partial charge in [-0.3, -0.25) is 9.78 Å². The number of nitrogens with zero attached hydrogens (tertiary/aromatic N) is 1. The fourth-order valence-corrected chi connectivity index (χ4v) is 1.62. The van der Waals surface area contributed by atoms with E-state index < -0.39 is 17.7 Å². The molecule has 0 unspecified atom stereocenters. The largest absolute Gasteiger partial charge is 0.478 e. The number of hydrogen-bond acceptors (Lipinski definition) is 3. The highest BCUT2D eigenvalue weighted by molar-refractivity contribution is 6.04. The number of pyridine rings is 1. The normalized spacial score (nSPS) is 10.5. The number of aliphatic carboxylic acids is 1. The van der Waals surface area contributed by atoms with E-state index in [1.54, 1.807) is 12.1 Å². The zero-order valence-corrected chi connectivity index (χ0v) is 10.8. The molecule has 1 amide bonds. The van der Waals surface area contributed by atoms with Gasteiger partial charge in [-0.2, -0.15) is 0 Å². The topological polar surface area (TPSA) is 79.3 Å². The van der Waals surface area contributed by atoms with Crippen molar-refractivity contribution >= 4 is 23.6 Å². The molecule has 0 radical (unpaired) electrons. The van der Waals surface area contributed by atoms with Crippen molar-refractivity contribution in [1.82, 2.24) is 4.98 Å². The van der Waals surface area contributed by atoms with Crippen LogP contribution in [0.25, 0.3) is 6.08 Å². The van der Waals surface area contributed by atoms with E-state index in [0.29, 0.717) is 11.3 Å². The van der Waals surface area contributed by atoms with Crippen LogP contribution in [0.1, 0.15) is 15.9 Å². The van der Waals surface area contributed by atoms with Crippen LogP contribution in [0.3, 0.4) is 0 Å². The first-order chi connectivity index (χ1) is 10.1. The van der Waals surface area contributed by atoms with Crippen molar-refractivity contribution in [2.24, 2.45) is 0 Å². The van der Waals surface area contributed by atoms with Crippen LogP contribution in [-0.2, 0) is 4.79 Å². The monoisotopic (exact) mass is 286 g/mol. The van der Waals surface area contributed by atoms with E-state index in [1.807, 2.05) is 0 Å². The molecular formula is C15H11FN2O3. The lowest BCUT2D eigenvalue weighted by Gasteiger charge is -2.06. The molecular weight excluding hydrogens is 275 g/mol. The summed E-state index contributed by atoms with van der Waals surface area (Å²) < 4.78 is 13.9. The molecule has 0 fully saturated rings. The zero-order valence-electron chi connectivity index (χ0n) is 10.8. The molecule has 1 heterocycles. The number of hydrogen-bond donors (Lipinski definition) is 2. The Bertz CT molecular complexity index is 699. The van der Waals surface area contributed by atoms with Gasteiger partial charge in [-0.1, -0.05) is 6.07 Å². The Hall–Kier alpha value is -3.02. The van der Waals surface area contributed by atoms with Crippen LogP contribution >= 0.6 is 0 Å². The second-order valence-electron chi connectivity index (χ2n) is 4.10. The summed E-state index contributed by atoms with van der Waals surface area (Å²) in [6, 6.07) is 7.03. The summed E-state index contributed by atoms with van der Waals surface area (Å²) >= 11 is 0. The first-order valence-electron chi connectivity index (χ1n) is 5.98. The van der Waals surface area contributed by atoms with Crippen molar-refractivity contribution in [2.45, 2.75) is 0 Å². The third-order valence-electron chi connectivity index (χ3n) is 2.59. The molecule has 21 heavy (non-hydrogen) atoms. The Kier molecular flexibility index (Phi) is 4.40. The van der Waals surface area contributed by atoms with Gasteiger partial charge in [0.25, 0.3) is 5.91 Å². The third kappa shape index (κ3) is 3.97. The molecule has 0 bridgehead atoms. The maximum absolute atomic E-state index is 13.9. The number of carbonyl (C=O) groups excluding carboxylic acids is 1. The van der Waals surface area contributed by atoms with E-state index in [9.17, 15) is 14.0 Å². The molecule has 2 N–H and O–H groups in total. The van der Waals surface area contributed by atoms with Gasteiger partial charge >= 0.3 is 5.97 Å². The van der Waals surface area contributed by atoms with E-state index in [0.717, 1.165) is 12.1 Å². The number of carboxylic acid groups (broad SMARTS) is 1. The summed E-state index contributed by atoms with van der Waals surface area (Å²) in [6.45, 7) is 0. The Balaban J connectivity index is 2.17. The molecule has 1 aromatic carbocycles. The van der Waals surface area contributed by atoms with Crippen molar-refractivity contribution in [1.29, 1.82) is 0 Å². The van der Waals surface area contributed by atoms with Gasteiger partial charge in [-0.25, -0.2) is 9.18 Å². The standard InChI is InChI=1S/C15H11FN2O3/c16-13-9-10(2-4-14(19)20)1-3-12(13)15(21)18-11-5-7-17-8-6-11/h1-9H,(H,19,20)(H,17,18,21). The first-order valence-corrected chi connectivity index (χ1v) is 5.98. The van der Waals surface area contributed by atoms with Gasteiger partial charge < -0.3 is 10.4 Å². The van der Waals surface area contributed by atoms with E-state index in [-0.39, 0.29) is 5.56 Å². The number of rotatable bonds is 4. The highest BCUT2D eigenvalue weighted by Crippen LogP contribution is 2.14. The molecule has 0 atom stereocenters. The van der Waals surface area contributed by atoms with Crippen molar-refractivity contribution < 1.29 is 19.1 Å². The summed E-state index contributed by atoms with van der Waals surface area (Å²) in [5.41, 5.74) is 0.735. The van der Waals surface area contributed by atoms with E-state index >= 15 is 0 Å². The fourth-order valence-electron chi connectivity index (χ4n) is 1.62. The molecule has 0 aliphatic rings. The summed E-state index contributed by atoms with van der Waals surface area (Å²) in [5.74, 6) is -2.45. The van der Waals surface area contributed by atoms with Gasteiger partial charge in [0.05, 0.1) is 5.56 Å². The summed E-state index contributed by atoms with van der Waals surface area (Å²) in [4.78, 5) is 26.1. The zero-order chi connectivity index (χ0) is 15.2. The van der Waals surface area contributed by atoms with Crippen molar-refractivity contribution in [3.63, 3.8) is 0 Å². The van der Waals surface area contributed by atoms with E-state index in [4.69, 9.17) is 5.11 Å². The third-order valence-corrected chi connectivity index (χ3v) is 2.59. The fraction of sp³-hybridized carbons (Fsp3) is 0. The highest BCUT2D eigenvalue weighted by atomic mass is 19.1. The minimum Gasteiger partial charge on any atom is -0.478 e. The molecule has 2 rings (SSSR count). The Morgan fingerprint density at radius 3 is 2.52 bits per heavy atom. The highest BCUT2D eigenvalue weighted by Gasteiger charge is 2.12. The summed E-state index contributed by atoms with van der Waals surface area (Å²) in [5, 5.41) is 11.0. The van der Waals surface area contributed by atoms with Crippen LogP contribution in [0, 0.1) is 5.82 Å². The van der Waals surface area contributed by atoms with Crippen LogP contribution in [0.4, 0.5) is 10.1 Å². The summed E-state index contributed by atoms with van der Waals surface area (Å²) in [6.07, 6.45) is 5.15. The first kappa shape index (κ1) is 14.4. The van der Waals surface area contributed by atoms with Crippen molar-refractivity contribution in [2.75, 3.05) is 5.32 Å². The van der Waals surface area contributed by atoms with Gasteiger partial charge in [-0.05, 0) is 35.9 Å². The lowest BCUT2D eigenvalue weighted by molar-refractivity contribution is -0.131. The lowest BCUT2D eigenvalue weighted by atomic mass is 10.1. The van der Waals surface area contributed by atoms with Crippen LogP contribution in [0.2, 0.25) is 0 Å². The van der Waals surface area contributed by atoms with Crippen LogP contribution in [0.15, 0.2) is 48.8 Å². The Morgan fingerprint density at radius 2 is 1.90 bits per heavy atom. The van der Waals surface area contributed by atoms with Crippen molar-refractivity contribution in [3.05, 3.63) is 65.7 Å². The van der Waals surface area contributed by atoms with Gasteiger partial charge in [0.1, 0.15) is 5.82 Å². The molecule has 0 saturated heterocycles.